The molecule has 1 aliphatic carbocycles. The summed E-state index contributed by atoms with van der Waals surface area (Å²) in [6.07, 6.45) is 3.51. The monoisotopic (exact) mass is 633 g/mol. The van der Waals surface area contributed by atoms with Crippen molar-refractivity contribution in [2.24, 2.45) is 17.8 Å². The summed E-state index contributed by atoms with van der Waals surface area (Å²) in [5.74, 6) is -2.05. The second-order valence-corrected chi connectivity index (χ2v) is 13.4. The minimum atomic E-state index is -0.944. The number of aryl methyl sites for hydroxylation is 1. The first-order valence-corrected chi connectivity index (χ1v) is 16.0. The zero-order valence-electron chi connectivity index (χ0n) is 25.3. The number of rotatable bonds is 7. The van der Waals surface area contributed by atoms with Gasteiger partial charge in [-0.15, -0.1) is 0 Å². The van der Waals surface area contributed by atoms with Gasteiger partial charge in [0.05, 0.1) is 16.8 Å². The lowest BCUT2D eigenvalue weighted by Crippen LogP contribution is -2.43. The fourth-order valence-corrected chi connectivity index (χ4v) is 8.56. The smallest absolute Gasteiger partial charge is 0.319 e. The molecule has 4 aliphatic rings. The van der Waals surface area contributed by atoms with Gasteiger partial charge in [0.1, 0.15) is 41.4 Å². The topological polar surface area (TPSA) is 112 Å². The fraction of sp³-hybridized carbons (Fsp3) is 0.471. The van der Waals surface area contributed by atoms with Crippen LogP contribution in [-0.2, 0) is 11.2 Å². The van der Waals surface area contributed by atoms with E-state index in [1.165, 1.54) is 24.4 Å². The summed E-state index contributed by atoms with van der Waals surface area (Å²) in [6.45, 7) is 4.10. The van der Waals surface area contributed by atoms with E-state index in [1.54, 1.807) is 13.0 Å². The highest BCUT2D eigenvalue weighted by Crippen LogP contribution is 2.48. The van der Waals surface area contributed by atoms with E-state index in [1.807, 2.05) is 4.90 Å². The van der Waals surface area contributed by atoms with Crippen LogP contribution in [-0.4, -0.2) is 80.5 Å². The summed E-state index contributed by atoms with van der Waals surface area (Å²) in [5, 5.41) is 21.5. The van der Waals surface area contributed by atoms with Crippen molar-refractivity contribution >= 4 is 33.5 Å². The van der Waals surface area contributed by atoms with Crippen molar-refractivity contribution in [2.45, 2.75) is 50.7 Å². The molecule has 1 saturated carbocycles. The Bertz CT molecular complexity index is 1910. The lowest BCUT2D eigenvalue weighted by atomic mass is 9.67. The van der Waals surface area contributed by atoms with Crippen LogP contribution in [0.15, 0.2) is 30.5 Å². The fourth-order valence-electron chi connectivity index (χ4n) is 8.56. The van der Waals surface area contributed by atoms with Gasteiger partial charge in [-0.25, -0.2) is 13.2 Å². The Hall–Kier alpha value is -4.19. The summed E-state index contributed by atoms with van der Waals surface area (Å²) >= 11 is 0. The number of phenols is 1. The number of aromatic nitrogens is 3. The number of ether oxygens (including phenoxy) is 1. The summed E-state index contributed by atoms with van der Waals surface area (Å²) < 4.78 is 52.4. The van der Waals surface area contributed by atoms with E-state index in [2.05, 4.69) is 14.9 Å². The van der Waals surface area contributed by atoms with Gasteiger partial charge in [-0.05, 0) is 78.6 Å². The molecule has 9 nitrogen and oxygen atoms in total. The average Bonchev–Trinajstić information content (AvgIpc) is 3.65. The van der Waals surface area contributed by atoms with Crippen molar-refractivity contribution in [2.75, 3.05) is 37.7 Å². The number of nitrogens with zero attached hydrogens (tertiary/aromatic N) is 5. The van der Waals surface area contributed by atoms with Gasteiger partial charge in [0.15, 0.2) is 5.82 Å². The molecule has 46 heavy (non-hydrogen) atoms. The van der Waals surface area contributed by atoms with Crippen LogP contribution in [0.5, 0.6) is 11.8 Å². The number of hydrogen-bond acceptors (Lipinski definition) is 8. The van der Waals surface area contributed by atoms with Gasteiger partial charge >= 0.3 is 12.0 Å². The van der Waals surface area contributed by atoms with Crippen molar-refractivity contribution in [1.82, 2.24) is 19.9 Å². The number of anilines is 1. The number of hydrogen-bond donors (Lipinski definition) is 2. The van der Waals surface area contributed by atoms with E-state index in [9.17, 15) is 23.8 Å². The first kappa shape index (κ1) is 29.2. The first-order chi connectivity index (χ1) is 22.2. The Morgan fingerprint density at radius 3 is 2.83 bits per heavy atom. The second-order valence-electron chi connectivity index (χ2n) is 13.4. The number of pyridine rings is 1. The predicted octanol–water partition coefficient (Wildman–Crippen LogP) is 5.50. The predicted molar refractivity (Wildman–Crippen MR) is 165 cm³/mol. The van der Waals surface area contributed by atoms with Crippen LogP contribution < -0.4 is 9.64 Å². The number of carbonyl (C=O) groups is 1. The summed E-state index contributed by atoms with van der Waals surface area (Å²) in [7, 11) is 0. The van der Waals surface area contributed by atoms with Gasteiger partial charge < -0.3 is 19.8 Å². The quantitative estimate of drug-likeness (QED) is 0.272. The van der Waals surface area contributed by atoms with Gasteiger partial charge in [-0.3, -0.25) is 14.7 Å². The molecular formula is C34H34F3N5O4. The van der Waals surface area contributed by atoms with E-state index >= 15 is 4.39 Å². The summed E-state index contributed by atoms with van der Waals surface area (Å²) in [6, 6.07) is 5.70. The Labute approximate surface area is 263 Å². The SMILES string of the molecule is CCc1c(F)ccc2cc(O)cc(-c3ncc4c(N5C[C@@H]6C[C@H](C(=O)O)[C@@H]6C5)nc(OC[C@@]56CCCN5C[C@H](F)C6)nc4c3F)c12. The average molecular weight is 634 g/mol. The van der Waals surface area contributed by atoms with Crippen LogP contribution in [0.4, 0.5) is 19.0 Å². The standard InChI is InChI=1S/C34H34F3N5O4/c1-2-21-26(36)5-4-17-8-20(43)10-23(27(17)21)29-28(37)30-24(12-38-29)31(41-13-18-9-22(32(44)45)25(18)15-41)40-33(39-30)46-16-34-6-3-7-42(34)14-19(35)11-34/h4-5,8,10,12,18-19,22,25,43H,2-3,6-7,9,11,13-16H2,1H3,(H,44,45)/t18-,19+,22-,25+,34-/m0/s1. The van der Waals surface area contributed by atoms with Crippen molar-refractivity contribution < 1.29 is 32.9 Å². The highest BCUT2D eigenvalue weighted by Gasteiger charge is 2.51. The molecule has 5 atom stereocenters. The molecule has 4 fully saturated rings. The lowest BCUT2D eigenvalue weighted by molar-refractivity contribution is -0.149. The summed E-state index contributed by atoms with van der Waals surface area (Å²) in [4.78, 5) is 29.6. The number of aromatic hydroxyl groups is 1. The number of alkyl halides is 1. The molecule has 12 heteroatoms. The highest BCUT2D eigenvalue weighted by atomic mass is 19.1. The number of halogens is 3. The van der Waals surface area contributed by atoms with Crippen LogP contribution >= 0.6 is 0 Å². The maximum absolute atomic E-state index is 16.8. The molecule has 0 radical (unpaired) electrons. The number of benzene rings is 2. The Balaban J connectivity index is 1.25. The second kappa shape index (κ2) is 10.7. The molecule has 5 heterocycles. The van der Waals surface area contributed by atoms with E-state index in [-0.39, 0.29) is 47.0 Å². The molecule has 0 spiro atoms. The third-order valence-electron chi connectivity index (χ3n) is 10.8. The molecule has 8 rings (SSSR count). The molecule has 0 bridgehead atoms. The molecular weight excluding hydrogens is 599 g/mol. The third-order valence-corrected chi connectivity index (χ3v) is 10.8. The minimum Gasteiger partial charge on any atom is -0.508 e. The Kier molecular flexibility index (Phi) is 6.79. The van der Waals surface area contributed by atoms with Crippen LogP contribution in [0.25, 0.3) is 32.9 Å². The molecule has 2 aromatic carbocycles. The lowest BCUT2D eigenvalue weighted by Gasteiger charge is -2.35. The largest absolute Gasteiger partial charge is 0.508 e. The molecule has 2 N–H and O–H groups in total. The van der Waals surface area contributed by atoms with Gasteiger partial charge in [0.25, 0.3) is 0 Å². The molecule has 3 saturated heterocycles. The molecule has 2 aromatic heterocycles. The van der Waals surface area contributed by atoms with Gasteiger partial charge in [0.2, 0.25) is 0 Å². The maximum Gasteiger partial charge on any atom is 0.319 e. The van der Waals surface area contributed by atoms with Crippen molar-refractivity contribution in [1.29, 1.82) is 0 Å². The maximum atomic E-state index is 16.8. The van der Waals surface area contributed by atoms with Gasteiger partial charge in [0, 0.05) is 37.8 Å². The summed E-state index contributed by atoms with van der Waals surface area (Å²) in [5.41, 5.74) is -0.0151. The highest BCUT2D eigenvalue weighted by molar-refractivity contribution is 6.01. The number of carboxylic acid groups (broad SMARTS) is 1. The Morgan fingerprint density at radius 1 is 1.17 bits per heavy atom. The van der Waals surface area contributed by atoms with Crippen LogP contribution in [0.1, 0.15) is 38.2 Å². The molecule has 240 valence electrons. The van der Waals surface area contributed by atoms with E-state index in [0.717, 1.165) is 19.4 Å². The van der Waals surface area contributed by atoms with Crippen LogP contribution in [0.3, 0.4) is 0 Å². The molecule has 0 unspecified atom stereocenters. The van der Waals surface area contributed by atoms with E-state index in [4.69, 9.17) is 9.72 Å². The number of carboxylic acids is 1. The first-order valence-electron chi connectivity index (χ1n) is 16.0. The minimum absolute atomic E-state index is 0.0455. The number of aliphatic carboxylic acids is 1. The van der Waals surface area contributed by atoms with Crippen LogP contribution in [0, 0.1) is 29.4 Å². The zero-order chi connectivity index (χ0) is 31.9. The van der Waals surface area contributed by atoms with Gasteiger partial charge in [-0.1, -0.05) is 13.0 Å². The number of phenolic OH excluding ortho intramolecular Hbond substituents is 1. The Morgan fingerprint density at radius 2 is 2.02 bits per heavy atom. The van der Waals surface area contributed by atoms with E-state index < -0.39 is 35.2 Å². The van der Waals surface area contributed by atoms with Crippen molar-refractivity contribution in [3.05, 3.63) is 47.7 Å². The van der Waals surface area contributed by atoms with Crippen LogP contribution in [0.2, 0.25) is 0 Å². The molecule has 4 aromatic rings. The van der Waals surface area contributed by atoms with Gasteiger partial charge in [-0.2, -0.15) is 9.97 Å². The molecule has 3 aliphatic heterocycles. The van der Waals surface area contributed by atoms with Crippen molar-refractivity contribution in [3.63, 3.8) is 0 Å². The number of fused-ring (bicyclic) bond motifs is 4. The van der Waals surface area contributed by atoms with Crippen molar-refractivity contribution in [3.8, 4) is 23.0 Å². The normalized spacial score (nSPS) is 27.3. The van der Waals surface area contributed by atoms with E-state index in [0.29, 0.717) is 66.4 Å². The molecule has 0 amide bonds. The third kappa shape index (κ3) is 4.47. The zero-order valence-corrected chi connectivity index (χ0v) is 25.3.